The molecule has 0 aromatic heterocycles. The highest BCUT2D eigenvalue weighted by atomic mass is 19.1. The summed E-state index contributed by atoms with van der Waals surface area (Å²) < 4.78 is 13.1. The van der Waals surface area contributed by atoms with E-state index < -0.39 is 5.82 Å². The number of nitrogens with two attached hydrogens (primary N) is 1. The number of halogens is 1. The molecular formula is C11H13FN2. The highest BCUT2D eigenvalue weighted by Crippen LogP contribution is 2.20. The van der Waals surface area contributed by atoms with E-state index in [1.54, 1.807) is 6.07 Å². The van der Waals surface area contributed by atoms with E-state index in [-0.39, 0.29) is 5.56 Å². The lowest BCUT2D eigenvalue weighted by Gasteiger charge is -2.08. The first kappa shape index (κ1) is 10.5. The Balaban J connectivity index is 3.12. The Morgan fingerprint density at radius 2 is 2.14 bits per heavy atom. The molecule has 0 radical (unpaired) electrons. The molecule has 0 spiro atoms. The first-order valence-corrected chi connectivity index (χ1v) is 4.52. The molecule has 0 fully saturated rings. The number of nitrogens with zero attached hydrogens (tertiary/aromatic N) is 1. The van der Waals surface area contributed by atoms with E-state index in [1.807, 2.05) is 0 Å². The first-order chi connectivity index (χ1) is 6.54. The van der Waals surface area contributed by atoms with Crippen molar-refractivity contribution in [1.29, 1.82) is 5.26 Å². The summed E-state index contributed by atoms with van der Waals surface area (Å²) in [5.41, 5.74) is 6.98. The van der Waals surface area contributed by atoms with Crippen LogP contribution in [0.3, 0.4) is 0 Å². The monoisotopic (exact) mass is 192 g/mol. The summed E-state index contributed by atoms with van der Waals surface area (Å²) >= 11 is 0. The average molecular weight is 192 g/mol. The molecule has 0 bridgehead atoms. The smallest absolute Gasteiger partial charge is 0.143 e. The second kappa shape index (κ2) is 4.10. The Bertz CT molecular complexity index is 378. The third-order valence-electron chi connectivity index (χ3n) is 1.98. The highest BCUT2D eigenvalue weighted by molar-refractivity contribution is 5.52. The number of benzene rings is 1. The normalized spacial score (nSPS) is 10.2. The van der Waals surface area contributed by atoms with Gasteiger partial charge in [0.2, 0.25) is 0 Å². The van der Waals surface area contributed by atoms with Crippen LogP contribution in [0.15, 0.2) is 12.1 Å². The van der Waals surface area contributed by atoms with Crippen LogP contribution in [0, 0.1) is 23.1 Å². The summed E-state index contributed by atoms with van der Waals surface area (Å²) in [7, 11) is 0. The van der Waals surface area contributed by atoms with Crippen LogP contribution in [-0.2, 0) is 6.42 Å². The number of hydrogen-bond donors (Lipinski definition) is 1. The minimum Gasteiger partial charge on any atom is -0.398 e. The fourth-order valence-electron chi connectivity index (χ4n) is 1.34. The van der Waals surface area contributed by atoms with Gasteiger partial charge in [0.25, 0.3) is 0 Å². The third-order valence-corrected chi connectivity index (χ3v) is 1.98. The van der Waals surface area contributed by atoms with Crippen molar-refractivity contribution in [2.45, 2.75) is 20.3 Å². The van der Waals surface area contributed by atoms with Crippen molar-refractivity contribution in [3.8, 4) is 6.07 Å². The van der Waals surface area contributed by atoms with Crippen molar-refractivity contribution in [2.24, 2.45) is 5.92 Å². The van der Waals surface area contributed by atoms with Gasteiger partial charge in [0.05, 0.1) is 5.56 Å². The molecule has 0 saturated heterocycles. The Labute approximate surface area is 83.2 Å². The average Bonchev–Trinajstić information content (AvgIpc) is 2.09. The fraction of sp³-hybridized carbons (Fsp3) is 0.364. The Hall–Kier alpha value is -1.56. The molecule has 0 amide bonds. The van der Waals surface area contributed by atoms with Gasteiger partial charge < -0.3 is 5.73 Å². The molecule has 2 nitrogen and oxygen atoms in total. The molecular weight excluding hydrogens is 179 g/mol. The van der Waals surface area contributed by atoms with E-state index in [0.29, 0.717) is 11.6 Å². The molecule has 0 aliphatic rings. The van der Waals surface area contributed by atoms with E-state index in [1.165, 1.54) is 12.1 Å². The van der Waals surface area contributed by atoms with Gasteiger partial charge in [0.1, 0.15) is 11.9 Å². The number of nitrogen functional groups attached to an aromatic ring is 1. The molecule has 14 heavy (non-hydrogen) atoms. The SMILES string of the molecule is CC(C)Cc1cc(C#N)c(F)cc1N. The van der Waals surface area contributed by atoms with Crippen LogP contribution in [0.1, 0.15) is 25.0 Å². The molecule has 0 unspecified atom stereocenters. The van der Waals surface area contributed by atoms with Crippen molar-refractivity contribution >= 4 is 5.69 Å². The van der Waals surface area contributed by atoms with Crippen LogP contribution in [0.2, 0.25) is 0 Å². The molecule has 1 rings (SSSR count). The molecule has 2 N–H and O–H groups in total. The van der Waals surface area contributed by atoms with Gasteiger partial charge in [-0.05, 0) is 30.0 Å². The molecule has 1 aromatic rings. The third kappa shape index (κ3) is 2.23. The van der Waals surface area contributed by atoms with Gasteiger partial charge in [-0.15, -0.1) is 0 Å². The lowest BCUT2D eigenvalue weighted by atomic mass is 9.99. The van der Waals surface area contributed by atoms with Gasteiger partial charge in [-0.3, -0.25) is 0 Å². The molecule has 74 valence electrons. The van der Waals surface area contributed by atoms with Gasteiger partial charge in [-0.25, -0.2) is 4.39 Å². The molecule has 0 saturated carbocycles. The topological polar surface area (TPSA) is 49.8 Å². The quantitative estimate of drug-likeness (QED) is 0.732. The fourth-order valence-corrected chi connectivity index (χ4v) is 1.34. The molecule has 3 heteroatoms. The molecule has 0 atom stereocenters. The van der Waals surface area contributed by atoms with Crippen molar-refractivity contribution < 1.29 is 4.39 Å². The minimum absolute atomic E-state index is 0.0647. The summed E-state index contributed by atoms with van der Waals surface area (Å²) in [6.45, 7) is 4.10. The van der Waals surface area contributed by atoms with Crippen LogP contribution >= 0.6 is 0 Å². The largest absolute Gasteiger partial charge is 0.398 e. The van der Waals surface area contributed by atoms with Crippen molar-refractivity contribution in [3.05, 3.63) is 29.1 Å². The summed E-state index contributed by atoms with van der Waals surface area (Å²) in [4.78, 5) is 0. The predicted molar refractivity (Wildman–Crippen MR) is 54.1 cm³/mol. The van der Waals surface area contributed by atoms with Crippen LogP contribution in [0.4, 0.5) is 10.1 Å². The maximum Gasteiger partial charge on any atom is 0.143 e. The maximum absolute atomic E-state index is 13.1. The standard InChI is InChI=1S/C11H13FN2/c1-7(2)3-8-4-9(6-13)10(12)5-11(8)14/h4-5,7H,3,14H2,1-2H3. The zero-order valence-electron chi connectivity index (χ0n) is 8.34. The second-order valence-corrected chi connectivity index (χ2v) is 3.74. The first-order valence-electron chi connectivity index (χ1n) is 4.52. The van der Waals surface area contributed by atoms with Gasteiger partial charge in [0.15, 0.2) is 0 Å². The van der Waals surface area contributed by atoms with Crippen molar-refractivity contribution in [2.75, 3.05) is 5.73 Å². The van der Waals surface area contributed by atoms with Crippen LogP contribution in [0.5, 0.6) is 0 Å². The second-order valence-electron chi connectivity index (χ2n) is 3.74. The minimum atomic E-state index is -0.544. The van der Waals surface area contributed by atoms with Crippen molar-refractivity contribution in [3.63, 3.8) is 0 Å². The predicted octanol–water partition coefficient (Wildman–Crippen LogP) is 2.48. The van der Waals surface area contributed by atoms with E-state index >= 15 is 0 Å². The van der Waals surface area contributed by atoms with Crippen molar-refractivity contribution in [1.82, 2.24) is 0 Å². The lowest BCUT2D eigenvalue weighted by Crippen LogP contribution is -2.01. The van der Waals surface area contributed by atoms with Crippen LogP contribution < -0.4 is 5.73 Å². The Kier molecular flexibility index (Phi) is 3.08. The van der Waals surface area contributed by atoms with E-state index in [9.17, 15) is 4.39 Å². The molecule has 0 heterocycles. The van der Waals surface area contributed by atoms with E-state index in [4.69, 9.17) is 11.0 Å². The molecule has 0 aliphatic heterocycles. The summed E-state index contributed by atoms with van der Waals surface area (Å²) in [5.74, 6) is -0.105. The van der Waals surface area contributed by atoms with Gasteiger partial charge >= 0.3 is 0 Å². The zero-order chi connectivity index (χ0) is 10.7. The number of rotatable bonds is 2. The summed E-state index contributed by atoms with van der Waals surface area (Å²) in [6, 6.07) is 4.56. The number of hydrogen-bond acceptors (Lipinski definition) is 2. The van der Waals surface area contributed by atoms with Crippen LogP contribution in [-0.4, -0.2) is 0 Å². The Morgan fingerprint density at radius 1 is 1.50 bits per heavy atom. The number of anilines is 1. The lowest BCUT2D eigenvalue weighted by molar-refractivity contribution is 0.618. The Morgan fingerprint density at radius 3 is 2.64 bits per heavy atom. The van der Waals surface area contributed by atoms with E-state index in [2.05, 4.69) is 13.8 Å². The van der Waals surface area contributed by atoms with Gasteiger partial charge in [-0.1, -0.05) is 13.8 Å². The summed E-state index contributed by atoms with van der Waals surface area (Å²) in [6.07, 6.45) is 0.765. The maximum atomic E-state index is 13.1. The summed E-state index contributed by atoms with van der Waals surface area (Å²) in [5, 5.41) is 8.64. The zero-order valence-corrected chi connectivity index (χ0v) is 8.34. The number of nitriles is 1. The molecule has 0 aliphatic carbocycles. The van der Waals surface area contributed by atoms with E-state index in [0.717, 1.165) is 12.0 Å². The van der Waals surface area contributed by atoms with Gasteiger partial charge in [0, 0.05) is 5.69 Å². The molecule has 1 aromatic carbocycles. The van der Waals surface area contributed by atoms with Gasteiger partial charge in [-0.2, -0.15) is 5.26 Å². The van der Waals surface area contributed by atoms with Crippen LogP contribution in [0.25, 0.3) is 0 Å². The highest BCUT2D eigenvalue weighted by Gasteiger charge is 2.08.